The Labute approximate surface area is 216 Å². The number of rotatable bonds is 7. The van der Waals surface area contributed by atoms with Crippen molar-refractivity contribution in [2.24, 2.45) is 0 Å². The van der Waals surface area contributed by atoms with Crippen LogP contribution in [0.15, 0.2) is 60.7 Å². The summed E-state index contributed by atoms with van der Waals surface area (Å²) >= 11 is 0. The zero-order valence-electron chi connectivity index (χ0n) is 20.5. The van der Waals surface area contributed by atoms with E-state index in [2.05, 4.69) is 4.74 Å². The van der Waals surface area contributed by atoms with Gasteiger partial charge in [-0.1, -0.05) is 42.5 Å². The highest BCUT2D eigenvalue weighted by atomic mass is 19.4. The number of benzene rings is 3. The molecular weight excluding hydrogens is 506 g/mol. The first-order valence-electron chi connectivity index (χ1n) is 11.9. The van der Waals surface area contributed by atoms with Crippen LogP contribution < -0.4 is 4.74 Å². The Bertz CT molecular complexity index is 1310. The quantitative estimate of drug-likeness (QED) is 0.269. The molecule has 3 aromatic carbocycles. The van der Waals surface area contributed by atoms with Crippen LogP contribution in [0.3, 0.4) is 0 Å². The second-order valence-electron chi connectivity index (χ2n) is 8.62. The largest absolute Gasteiger partial charge is 0.573 e. The molecule has 1 aliphatic rings. The van der Waals surface area contributed by atoms with Gasteiger partial charge in [0.1, 0.15) is 18.2 Å². The predicted molar refractivity (Wildman–Crippen MR) is 130 cm³/mol. The van der Waals surface area contributed by atoms with Crippen molar-refractivity contribution >= 4 is 12.1 Å². The molecule has 0 saturated carbocycles. The molecule has 0 fully saturated rings. The third-order valence-electron chi connectivity index (χ3n) is 6.03. The summed E-state index contributed by atoms with van der Waals surface area (Å²) in [6, 6.07) is 15.4. The van der Waals surface area contributed by atoms with Gasteiger partial charge in [0.25, 0.3) is 0 Å². The molecule has 0 saturated heterocycles. The average molecular weight is 532 g/mol. The van der Waals surface area contributed by atoms with Crippen LogP contribution in [0.2, 0.25) is 0 Å². The number of fused-ring (bicyclic) bond motifs is 1. The molecule has 0 atom stereocenters. The second-order valence-corrected chi connectivity index (χ2v) is 8.62. The van der Waals surface area contributed by atoms with Crippen LogP contribution in [0.4, 0.5) is 22.4 Å². The minimum atomic E-state index is -4.98. The van der Waals surface area contributed by atoms with E-state index in [1.807, 2.05) is 18.2 Å². The van der Waals surface area contributed by atoms with Crippen LogP contribution in [-0.4, -0.2) is 36.5 Å². The number of esters is 1. The molecule has 6 nitrogen and oxygen atoms in total. The van der Waals surface area contributed by atoms with Gasteiger partial charge >= 0.3 is 18.4 Å². The van der Waals surface area contributed by atoms with Gasteiger partial charge in [-0.2, -0.15) is 0 Å². The van der Waals surface area contributed by atoms with Crippen molar-refractivity contribution < 1.29 is 41.4 Å². The molecule has 0 spiro atoms. The van der Waals surface area contributed by atoms with Crippen molar-refractivity contribution in [1.29, 1.82) is 0 Å². The van der Waals surface area contributed by atoms with E-state index in [1.54, 1.807) is 19.1 Å². The molecule has 0 unspecified atom stereocenters. The molecule has 0 aromatic heterocycles. The summed E-state index contributed by atoms with van der Waals surface area (Å²) in [4.78, 5) is 26.2. The van der Waals surface area contributed by atoms with Gasteiger partial charge in [-0.25, -0.2) is 9.18 Å². The third-order valence-corrected chi connectivity index (χ3v) is 6.03. The number of nitrogens with zero attached hydrogens (tertiary/aromatic N) is 1. The lowest BCUT2D eigenvalue weighted by Crippen LogP contribution is -2.37. The zero-order chi connectivity index (χ0) is 27.3. The average Bonchev–Trinajstić information content (AvgIpc) is 2.88. The molecule has 1 heterocycles. The van der Waals surface area contributed by atoms with Gasteiger partial charge < -0.3 is 19.1 Å². The Kier molecular flexibility index (Phi) is 8.19. The monoisotopic (exact) mass is 531 g/mol. The summed E-state index contributed by atoms with van der Waals surface area (Å²) in [7, 11) is 0. The Morgan fingerprint density at radius 3 is 2.39 bits per heavy atom. The van der Waals surface area contributed by atoms with E-state index in [4.69, 9.17) is 9.47 Å². The molecule has 38 heavy (non-hydrogen) atoms. The van der Waals surface area contributed by atoms with Gasteiger partial charge in [-0.15, -0.1) is 13.2 Å². The lowest BCUT2D eigenvalue weighted by atomic mass is 9.89. The molecule has 0 radical (unpaired) electrons. The van der Waals surface area contributed by atoms with Crippen molar-refractivity contribution in [1.82, 2.24) is 4.90 Å². The van der Waals surface area contributed by atoms with Crippen molar-refractivity contribution in [3.05, 3.63) is 88.7 Å². The minimum absolute atomic E-state index is 0.0138. The number of carbonyl (C=O) groups excluding carboxylic acids is 2. The maximum atomic E-state index is 14.8. The molecule has 3 aromatic rings. The Morgan fingerprint density at radius 2 is 1.68 bits per heavy atom. The van der Waals surface area contributed by atoms with Crippen molar-refractivity contribution in [2.45, 2.75) is 39.3 Å². The van der Waals surface area contributed by atoms with Gasteiger partial charge in [0.15, 0.2) is 0 Å². The molecule has 0 bridgehead atoms. The highest BCUT2D eigenvalue weighted by molar-refractivity contribution is 5.79. The first kappa shape index (κ1) is 27.0. The fraction of sp³-hybridized carbons (Fsp3) is 0.286. The van der Waals surface area contributed by atoms with Crippen LogP contribution in [0.1, 0.15) is 29.2 Å². The van der Waals surface area contributed by atoms with E-state index in [0.717, 1.165) is 11.6 Å². The van der Waals surface area contributed by atoms with Crippen LogP contribution in [0.25, 0.3) is 11.1 Å². The van der Waals surface area contributed by atoms with E-state index >= 15 is 0 Å². The molecule has 1 amide bonds. The molecule has 4 rings (SSSR count). The normalized spacial score (nSPS) is 13.0. The molecule has 1 aliphatic heterocycles. The van der Waals surface area contributed by atoms with Crippen LogP contribution in [0, 0.1) is 5.82 Å². The number of ether oxygens (including phenoxy) is 3. The first-order valence-corrected chi connectivity index (χ1v) is 11.9. The van der Waals surface area contributed by atoms with Gasteiger partial charge in [0.2, 0.25) is 0 Å². The van der Waals surface area contributed by atoms with Crippen molar-refractivity contribution in [3.8, 4) is 16.9 Å². The smallest absolute Gasteiger partial charge is 0.466 e. The Morgan fingerprint density at radius 1 is 0.921 bits per heavy atom. The maximum Gasteiger partial charge on any atom is 0.573 e. The number of amides is 1. The zero-order valence-corrected chi connectivity index (χ0v) is 20.5. The molecule has 0 aliphatic carbocycles. The van der Waals surface area contributed by atoms with E-state index in [-0.39, 0.29) is 50.3 Å². The van der Waals surface area contributed by atoms with Crippen LogP contribution >= 0.6 is 0 Å². The lowest BCUT2D eigenvalue weighted by Gasteiger charge is -2.30. The topological polar surface area (TPSA) is 65.1 Å². The summed E-state index contributed by atoms with van der Waals surface area (Å²) in [6.07, 6.45) is -5.63. The Hall–Kier alpha value is -4.08. The van der Waals surface area contributed by atoms with Gasteiger partial charge in [0, 0.05) is 18.7 Å². The van der Waals surface area contributed by atoms with Crippen LogP contribution in [-0.2, 0) is 40.3 Å². The highest BCUT2D eigenvalue weighted by Gasteiger charge is 2.33. The van der Waals surface area contributed by atoms with E-state index in [9.17, 15) is 27.2 Å². The summed E-state index contributed by atoms with van der Waals surface area (Å²) in [5.74, 6) is -1.58. The van der Waals surface area contributed by atoms with Crippen LogP contribution in [0.5, 0.6) is 5.75 Å². The summed E-state index contributed by atoms with van der Waals surface area (Å²) in [6.45, 7) is 1.94. The SMILES string of the molecule is CCOC(=O)Cc1ccc(OC(F)(F)F)c(-c2ccc(F)c3c2CN(C(=O)OCc2ccccc2)CC3)c1. The first-order chi connectivity index (χ1) is 18.1. The maximum absolute atomic E-state index is 14.8. The number of carbonyl (C=O) groups is 2. The molecule has 10 heteroatoms. The highest BCUT2D eigenvalue weighted by Crippen LogP contribution is 2.39. The fourth-order valence-corrected chi connectivity index (χ4v) is 4.34. The minimum Gasteiger partial charge on any atom is -0.466 e. The molecule has 0 N–H and O–H groups in total. The van der Waals surface area contributed by atoms with Crippen molar-refractivity contribution in [3.63, 3.8) is 0 Å². The number of hydrogen-bond donors (Lipinski definition) is 0. The fourth-order valence-electron chi connectivity index (χ4n) is 4.34. The van der Waals surface area contributed by atoms with Gasteiger partial charge in [-0.05, 0) is 59.4 Å². The Balaban J connectivity index is 1.67. The molecular formula is C28H25F4NO5. The van der Waals surface area contributed by atoms with E-state index in [0.29, 0.717) is 16.7 Å². The number of halogens is 4. The van der Waals surface area contributed by atoms with Crippen molar-refractivity contribution in [2.75, 3.05) is 13.2 Å². The summed E-state index contributed by atoms with van der Waals surface area (Å²) in [5, 5.41) is 0. The summed E-state index contributed by atoms with van der Waals surface area (Å²) < 4.78 is 69.0. The predicted octanol–water partition coefficient (Wildman–Crippen LogP) is 6.19. The number of alkyl halides is 3. The van der Waals surface area contributed by atoms with Gasteiger partial charge in [-0.3, -0.25) is 4.79 Å². The second kappa shape index (κ2) is 11.5. The lowest BCUT2D eigenvalue weighted by molar-refractivity contribution is -0.274. The van der Waals surface area contributed by atoms with Gasteiger partial charge in [0.05, 0.1) is 13.0 Å². The van der Waals surface area contributed by atoms with E-state index in [1.165, 1.54) is 29.2 Å². The number of hydrogen-bond acceptors (Lipinski definition) is 5. The molecule has 200 valence electrons. The third kappa shape index (κ3) is 6.62. The standard InChI is InChI=1S/C28H25F4NO5/c1-2-36-26(34)15-19-8-11-25(38-28(30,31)32)22(14-19)20-9-10-24(29)21-12-13-33(16-23(20)21)27(35)37-17-18-6-4-3-5-7-18/h3-11,14H,2,12-13,15-17H2,1H3. The summed E-state index contributed by atoms with van der Waals surface area (Å²) in [5.41, 5.74) is 2.08. The van der Waals surface area contributed by atoms with E-state index < -0.39 is 30.0 Å².